The van der Waals surface area contributed by atoms with E-state index in [1.54, 1.807) is 39.8 Å². The first-order chi connectivity index (χ1) is 39.6. The molecule has 86 heavy (non-hydrogen) atoms. The minimum absolute atomic E-state index is 0.0945. The van der Waals surface area contributed by atoms with Crippen molar-refractivity contribution in [1.82, 2.24) is 56.0 Å². The molecule has 1 fully saturated rings. The molecule has 0 aromatic carbocycles. The minimum Gasteiger partial charge on any atom is -0.391 e. The summed E-state index contributed by atoms with van der Waals surface area (Å²) in [5.41, 5.74) is 0. The van der Waals surface area contributed by atoms with Crippen LogP contribution in [-0.4, -0.2) is 226 Å². The average molecular weight is 1220 g/mol. The van der Waals surface area contributed by atoms with Crippen LogP contribution in [0.1, 0.15) is 156 Å². The van der Waals surface area contributed by atoms with Gasteiger partial charge in [-0.15, -0.1) is 0 Å². The Morgan fingerprint density at radius 2 is 0.826 bits per heavy atom. The number of hydrogen-bond acceptors (Lipinski definition) is 13. The second-order valence-electron chi connectivity index (χ2n) is 26.4. The van der Waals surface area contributed by atoms with Crippen molar-refractivity contribution in [2.75, 3.05) is 48.8 Å². The number of nitrogens with one attached hydrogen (secondary N) is 5. The summed E-state index contributed by atoms with van der Waals surface area (Å²) in [6.45, 7) is 28.7. The van der Waals surface area contributed by atoms with E-state index in [-0.39, 0.29) is 68.1 Å². The molecule has 0 aromatic rings. The molecule has 492 valence electrons. The fourth-order valence-corrected chi connectivity index (χ4v) is 10.6. The van der Waals surface area contributed by atoms with Gasteiger partial charge in [0.2, 0.25) is 65.0 Å². The maximum atomic E-state index is 15.1. The van der Waals surface area contributed by atoms with E-state index >= 15 is 4.79 Å². The van der Waals surface area contributed by atoms with Crippen LogP contribution in [0.4, 0.5) is 0 Å². The molecule has 24 heteroatoms. The topological polar surface area (TPSA) is 308 Å². The van der Waals surface area contributed by atoms with Gasteiger partial charge in [-0.3, -0.25) is 52.7 Å². The first-order valence-corrected chi connectivity index (χ1v) is 30.7. The Morgan fingerprint density at radius 1 is 0.442 bits per heavy atom. The van der Waals surface area contributed by atoms with Crippen molar-refractivity contribution < 1.29 is 63.0 Å². The number of nitrogens with zero attached hydrogens (tertiary/aromatic N) is 6. The van der Waals surface area contributed by atoms with Crippen LogP contribution in [0.2, 0.25) is 0 Å². The summed E-state index contributed by atoms with van der Waals surface area (Å²) in [5.74, 6) is -10.4. The van der Waals surface area contributed by atoms with E-state index in [0.717, 1.165) is 14.7 Å². The van der Waals surface area contributed by atoms with E-state index in [4.69, 9.17) is 0 Å². The standard InChI is InChI=1S/C62H111N11O13/c1-24-25-26-39(14)52(76)51-57(81)67-49(42(17)74)61(85)68(18)32-48(75)69(19)45(29-35(6)7)55(79)65-43(27-33(2)3)59(83)71(21)46(30-36(8)9)54(78)63-40(15)53(77)64-41(16)58(82)70(20)47(31-37(10)11)56(80)66-44(28-34(4)5)60(84)72(22)50(38(12)13)62(86)73(51)23/h24-25,33-47,49-52,74,76H,26-32H2,1-23H3,(H,63,78)(H,64,77)(H,65,79)(H,66,80)(H,67,81)/b25-24+. The van der Waals surface area contributed by atoms with E-state index < -0.39 is 156 Å². The van der Waals surface area contributed by atoms with Crippen LogP contribution >= 0.6 is 0 Å². The highest BCUT2D eigenvalue weighted by Gasteiger charge is 2.45. The van der Waals surface area contributed by atoms with Crippen LogP contribution in [0.3, 0.4) is 0 Å². The van der Waals surface area contributed by atoms with Gasteiger partial charge in [0.15, 0.2) is 0 Å². The van der Waals surface area contributed by atoms with Crippen LogP contribution in [-0.2, 0) is 52.7 Å². The number of hydrogen-bond donors (Lipinski definition) is 7. The third-order valence-corrected chi connectivity index (χ3v) is 15.7. The molecule has 0 bridgehead atoms. The molecule has 0 aromatic heterocycles. The van der Waals surface area contributed by atoms with Crippen LogP contribution in [0.5, 0.6) is 0 Å². The zero-order chi connectivity index (χ0) is 66.7. The predicted molar refractivity (Wildman–Crippen MR) is 330 cm³/mol. The van der Waals surface area contributed by atoms with Crippen molar-refractivity contribution in [2.24, 2.45) is 41.4 Å². The zero-order valence-electron chi connectivity index (χ0n) is 56.1. The monoisotopic (exact) mass is 1220 g/mol. The van der Waals surface area contributed by atoms with E-state index in [1.165, 1.54) is 77.8 Å². The second-order valence-corrected chi connectivity index (χ2v) is 26.4. The van der Waals surface area contributed by atoms with E-state index in [2.05, 4.69) is 26.6 Å². The van der Waals surface area contributed by atoms with Crippen LogP contribution in [0.25, 0.3) is 0 Å². The van der Waals surface area contributed by atoms with Crippen molar-refractivity contribution in [3.8, 4) is 0 Å². The molecule has 13 unspecified atom stereocenters. The Bertz CT molecular complexity index is 2340. The van der Waals surface area contributed by atoms with Crippen molar-refractivity contribution in [3.63, 3.8) is 0 Å². The van der Waals surface area contributed by atoms with Gasteiger partial charge in [0.1, 0.15) is 60.4 Å². The lowest BCUT2D eigenvalue weighted by Gasteiger charge is -2.40. The van der Waals surface area contributed by atoms with E-state index in [1.807, 2.05) is 69.2 Å². The molecule has 0 aliphatic carbocycles. The molecular formula is C62H111N11O13. The fourth-order valence-electron chi connectivity index (χ4n) is 10.6. The lowest BCUT2D eigenvalue weighted by molar-refractivity contribution is -0.155. The van der Waals surface area contributed by atoms with Crippen molar-refractivity contribution >= 4 is 65.0 Å². The number of amides is 11. The fraction of sp³-hybridized carbons (Fsp3) is 0.790. The molecular weight excluding hydrogens is 1110 g/mol. The Hall–Kier alpha value is -6.17. The highest BCUT2D eigenvalue weighted by atomic mass is 16.3. The summed E-state index contributed by atoms with van der Waals surface area (Å²) >= 11 is 0. The summed E-state index contributed by atoms with van der Waals surface area (Å²) in [6.07, 6.45) is 1.20. The van der Waals surface area contributed by atoms with Crippen LogP contribution in [0, 0.1) is 41.4 Å². The summed E-state index contributed by atoms with van der Waals surface area (Å²) in [4.78, 5) is 166. The lowest BCUT2D eigenvalue weighted by Crippen LogP contribution is -2.64. The first kappa shape index (κ1) is 77.8. The molecule has 11 amide bonds. The number of aliphatic hydroxyl groups excluding tert-OH is 2. The van der Waals surface area contributed by atoms with Crippen LogP contribution in [0.15, 0.2) is 12.2 Å². The molecule has 0 radical (unpaired) electrons. The average Bonchev–Trinajstić information content (AvgIpc) is 2.17. The van der Waals surface area contributed by atoms with E-state index in [9.17, 15) is 58.2 Å². The largest absolute Gasteiger partial charge is 0.391 e. The Kier molecular flexibility index (Phi) is 32.2. The lowest BCUT2D eigenvalue weighted by atomic mass is 9.91. The number of allylic oxidation sites excluding steroid dienone is 2. The van der Waals surface area contributed by atoms with Gasteiger partial charge >= 0.3 is 0 Å². The van der Waals surface area contributed by atoms with Gasteiger partial charge in [0, 0.05) is 42.3 Å². The summed E-state index contributed by atoms with van der Waals surface area (Å²) in [7, 11) is 8.15. The first-order valence-electron chi connectivity index (χ1n) is 30.7. The van der Waals surface area contributed by atoms with Crippen LogP contribution < -0.4 is 26.6 Å². The van der Waals surface area contributed by atoms with Gasteiger partial charge in [-0.1, -0.05) is 102 Å². The van der Waals surface area contributed by atoms with Crippen molar-refractivity contribution in [2.45, 2.75) is 229 Å². The summed E-state index contributed by atoms with van der Waals surface area (Å²) in [5, 5.41) is 36.8. The molecule has 1 aliphatic heterocycles. The Morgan fingerprint density at radius 3 is 1.23 bits per heavy atom. The molecule has 24 nitrogen and oxygen atoms in total. The maximum absolute atomic E-state index is 15.1. The second kappa shape index (κ2) is 35.6. The maximum Gasteiger partial charge on any atom is 0.248 e. The molecule has 1 heterocycles. The number of rotatable bonds is 16. The third-order valence-electron chi connectivity index (χ3n) is 15.7. The van der Waals surface area contributed by atoms with Gasteiger partial charge in [-0.05, 0) is 108 Å². The third kappa shape index (κ3) is 22.8. The molecule has 7 N–H and O–H groups in total. The molecule has 1 rings (SSSR count). The number of aliphatic hydroxyl groups is 2. The summed E-state index contributed by atoms with van der Waals surface area (Å²) < 4.78 is 0. The van der Waals surface area contributed by atoms with Gasteiger partial charge in [-0.2, -0.15) is 0 Å². The zero-order valence-corrected chi connectivity index (χ0v) is 56.1. The predicted octanol–water partition coefficient (Wildman–Crippen LogP) is 2.29. The van der Waals surface area contributed by atoms with Crippen molar-refractivity contribution in [1.29, 1.82) is 0 Å². The van der Waals surface area contributed by atoms with Gasteiger partial charge in [0.25, 0.3) is 0 Å². The number of likely N-dealkylation sites (N-methyl/N-ethyl adjacent to an activating group) is 6. The molecule has 1 aliphatic rings. The molecule has 13 atom stereocenters. The minimum atomic E-state index is -1.74. The van der Waals surface area contributed by atoms with Gasteiger partial charge < -0.3 is 66.2 Å². The highest BCUT2D eigenvalue weighted by molar-refractivity contribution is 5.99. The molecule has 1 saturated heterocycles. The smallest absolute Gasteiger partial charge is 0.248 e. The van der Waals surface area contributed by atoms with Gasteiger partial charge in [-0.25, -0.2) is 0 Å². The molecule has 0 saturated carbocycles. The highest BCUT2D eigenvalue weighted by Crippen LogP contribution is 2.24. The quantitative estimate of drug-likeness (QED) is 0.109. The number of carbonyl (C=O) groups excluding carboxylic acids is 11. The normalized spacial score (nSPS) is 27.0. The molecule has 0 spiro atoms. The van der Waals surface area contributed by atoms with Gasteiger partial charge in [0.05, 0.1) is 18.8 Å². The van der Waals surface area contributed by atoms with Crippen molar-refractivity contribution in [3.05, 3.63) is 12.2 Å². The Balaban J connectivity index is 4.33. The Labute approximate surface area is 513 Å². The SMILES string of the molecule is C/C=C/CC(C)C(O)C1C(=O)NC(C(C)O)C(=O)N(C)CC(=O)N(C)C(CC(C)C)C(=O)NC(CC(C)C)C(=O)N(C)C(CC(C)C)C(=O)NC(C)C(=O)NC(C)C(=O)N(C)C(CC(C)C)C(=O)NC(CC(C)C)C(=O)N(C)C(C(C)C)C(=O)N1C. The summed E-state index contributed by atoms with van der Waals surface area (Å²) in [6, 6.07) is -13.2. The number of carbonyl (C=O) groups is 11. The van der Waals surface area contributed by atoms with E-state index in [0.29, 0.717) is 0 Å².